The summed E-state index contributed by atoms with van der Waals surface area (Å²) in [4.78, 5) is 0. The number of hydrazine groups is 1. The van der Waals surface area contributed by atoms with Gasteiger partial charge in [-0.2, -0.15) is 0 Å². The largest absolute Gasteiger partial charge is 0.573 e. The van der Waals surface area contributed by atoms with E-state index in [4.69, 9.17) is 5.84 Å². The molecule has 108 valence electrons. The van der Waals surface area contributed by atoms with Crippen molar-refractivity contribution < 1.29 is 17.9 Å². The van der Waals surface area contributed by atoms with E-state index in [1.165, 1.54) is 35.1 Å². The van der Waals surface area contributed by atoms with Crippen LogP contribution in [0.2, 0.25) is 0 Å². The Morgan fingerprint density at radius 1 is 1.30 bits per heavy atom. The molecular formula is C11H12F3N5O. The summed E-state index contributed by atoms with van der Waals surface area (Å²) in [5, 5.41) is 7.50. The molecule has 0 aliphatic carbocycles. The van der Waals surface area contributed by atoms with Crippen molar-refractivity contribution in [2.45, 2.75) is 12.4 Å². The van der Waals surface area contributed by atoms with E-state index in [1.54, 1.807) is 7.05 Å². The van der Waals surface area contributed by atoms with E-state index in [1.807, 2.05) is 0 Å². The smallest absolute Gasteiger partial charge is 0.406 e. The number of halogens is 3. The lowest BCUT2D eigenvalue weighted by atomic mass is 10.0. The molecule has 0 amide bonds. The third-order valence-electron chi connectivity index (χ3n) is 2.66. The second-order valence-corrected chi connectivity index (χ2v) is 4.00. The van der Waals surface area contributed by atoms with E-state index in [-0.39, 0.29) is 5.75 Å². The monoisotopic (exact) mass is 287 g/mol. The molecule has 0 fully saturated rings. The zero-order valence-electron chi connectivity index (χ0n) is 10.4. The lowest BCUT2D eigenvalue weighted by Gasteiger charge is -2.16. The summed E-state index contributed by atoms with van der Waals surface area (Å²) in [6.07, 6.45) is -3.19. The third kappa shape index (κ3) is 3.25. The Bertz CT molecular complexity index is 566. The Hall–Kier alpha value is -2.13. The fourth-order valence-electron chi connectivity index (χ4n) is 1.77. The highest BCUT2D eigenvalue weighted by atomic mass is 19.4. The van der Waals surface area contributed by atoms with Crippen LogP contribution in [-0.4, -0.2) is 21.4 Å². The number of alkyl halides is 3. The standard InChI is InChI=1S/C11H12F3N5O/c1-19-9(6-16-18-19)10(17-15)7-2-4-8(5-3-7)20-11(12,13)14/h2-6,10,17H,15H2,1H3. The quantitative estimate of drug-likeness (QED) is 0.654. The molecule has 0 aliphatic heterocycles. The summed E-state index contributed by atoms with van der Waals surface area (Å²) in [5.41, 5.74) is 3.90. The predicted octanol–water partition coefficient (Wildman–Crippen LogP) is 1.27. The maximum absolute atomic E-state index is 12.1. The first-order valence-corrected chi connectivity index (χ1v) is 5.57. The number of ether oxygens (including phenoxy) is 1. The van der Waals surface area contributed by atoms with Crippen LogP contribution in [0.25, 0.3) is 0 Å². The van der Waals surface area contributed by atoms with Crippen LogP contribution in [0, 0.1) is 0 Å². The van der Waals surface area contributed by atoms with Crippen molar-refractivity contribution >= 4 is 0 Å². The minimum absolute atomic E-state index is 0.292. The Morgan fingerprint density at radius 3 is 2.40 bits per heavy atom. The second kappa shape index (κ2) is 5.47. The number of nitrogens with zero attached hydrogens (tertiary/aromatic N) is 3. The number of benzene rings is 1. The molecule has 6 nitrogen and oxygen atoms in total. The number of hydrogen-bond donors (Lipinski definition) is 2. The van der Waals surface area contributed by atoms with Crippen LogP contribution in [0.4, 0.5) is 13.2 Å². The predicted molar refractivity (Wildman–Crippen MR) is 63.3 cm³/mol. The molecule has 9 heteroatoms. The number of rotatable bonds is 4. The van der Waals surface area contributed by atoms with Gasteiger partial charge in [-0.05, 0) is 17.7 Å². The van der Waals surface area contributed by atoms with Gasteiger partial charge in [-0.25, -0.2) is 5.43 Å². The fourth-order valence-corrected chi connectivity index (χ4v) is 1.77. The molecule has 1 heterocycles. The highest BCUT2D eigenvalue weighted by Gasteiger charge is 2.31. The molecule has 1 aromatic carbocycles. The molecule has 2 rings (SSSR count). The molecule has 20 heavy (non-hydrogen) atoms. The van der Waals surface area contributed by atoms with Gasteiger partial charge in [-0.3, -0.25) is 10.5 Å². The van der Waals surface area contributed by atoms with Crippen molar-refractivity contribution in [3.63, 3.8) is 0 Å². The van der Waals surface area contributed by atoms with Crippen LogP contribution in [0.3, 0.4) is 0 Å². The van der Waals surface area contributed by atoms with Crippen LogP contribution in [0.15, 0.2) is 30.5 Å². The number of aryl methyl sites for hydroxylation is 1. The van der Waals surface area contributed by atoms with Gasteiger partial charge in [0.2, 0.25) is 0 Å². The minimum atomic E-state index is -4.71. The molecule has 0 aliphatic rings. The summed E-state index contributed by atoms with van der Waals surface area (Å²) in [5.74, 6) is 5.18. The number of hydrogen-bond acceptors (Lipinski definition) is 5. The topological polar surface area (TPSA) is 78.0 Å². The highest BCUT2D eigenvalue weighted by Crippen LogP contribution is 2.26. The fraction of sp³-hybridized carbons (Fsp3) is 0.273. The SMILES string of the molecule is Cn1nncc1C(NN)c1ccc(OC(F)(F)F)cc1. The molecule has 1 unspecified atom stereocenters. The van der Waals surface area contributed by atoms with E-state index in [9.17, 15) is 13.2 Å². The van der Waals surface area contributed by atoms with Gasteiger partial charge in [0.05, 0.1) is 17.9 Å². The van der Waals surface area contributed by atoms with Crippen LogP contribution in [0.1, 0.15) is 17.3 Å². The van der Waals surface area contributed by atoms with Gasteiger partial charge >= 0.3 is 6.36 Å². The van der Waals surface area contributed by atoms with Crippen LogP contribution in [-0.2, 0) is 7.05 Å². The van der Waals surface area contributed by atoms with E-state index in [2.05, 4.69) is 20.5 Å². The molecule has 0 bridgehead atoms. The van der Waals surface area contributed by atoms with Gasteiger partial charge in [0.1, 0.15) is 5.75 Å². The molecule has 1 aromatic heterocycles. The average Bonchev–Trinajstić information content (AvgIpc) is 2.77. The molecule has 0 spiro atoms. The summed E-state index contributed by atoms with van der Waals surface area (Å²) >= 11 is 0. The lowest BCUT2D eigenvalue weighted by molar-refractivity contribution is -0.274. The first-order valence-electron chi connectivity index (χ1n) is 5.57. The van der Waals surface area contributed by atoms with Gasteiger partial charge < -0.3 is 4.74 Å². The third-order valence-corrected chi connectivity index (χ3v) is 2.66. The van der Waals surface area contributed by atoms with Gasteiger partial charge in [-0.1, -0.05) is 17.3 Å². The molecule has 3 N–H and O–H groups in total. The molecule has 2 aromatic rings. The van der Waals surface area contributed by atoms with Crippen molar-refractivity contribution in [1.82, 2.24) is 20.4 Å². The molecule has 0 saturated heterocycles. The van der Waals surface area contributed by atoms with Crippen molar-refractivity contribution in [3.05, 3.63) is 41.7 Å². The maximum Gasteiger partial charge on any atom is 0.573 e. The van der Waals surface area contributed by atoms with Gasteiger partial charge in [0.25, 0.3) is 0 Å². The van der Waals surface area contributed by atoms with Gasteiger partial charge in [-0.15, -0.1) is 18.3 Å². The molecular weight excluding hydrogens is 275 g/mol. The lowest BCUT2D eigenvalue weighted by Crippen LogP contribution is -2.30. The molecule has 1 atom stereocenters. The highest BCUT2D eigenvalue weighted by molar-refractivity contribution is 5.32. The molecule has 0 saturated carbocycles. The normalized spacial score (nSPS) is 13.2. The van der Waals surface area contributed by atoms with E-state index < -0.39 is 12.4 Å². The summed E-state index contributed by atoms with van der Waals surface area (Å²) in [6.45, 7) is 0. The van der Waals surface area contributed by atoms with Crippen LogP contribution in [0.5, 0.6) is 5.75 Å². The Labute approximate surface area is 112 Å². The molecule has 0 radical (unpaired) electrons. The second-order valence-electron chi connectivity index (χ2n) is 4.00. The number of nitrogens with two attached hydrogens (primary N) is 1. The van der Waals surface area contributed by atoms with Crippen molar-refractivity contribution in [2.75, 3.05) is 0 Å². The minimum Gasteiger partial charge on any atom is -0.406 e. The van der Waals surface area contributed by atoms with Crippen LogP contribution < -0.4 is 16.0 Å². The Kier molecular flexibility index (Phi) is 3.91. The zero-order valence-corrected chi connectivity index (χ0v) is 10.4. The zero-order chi connectivity index (χ0) is 14.8. The summed E-state index contributed by atoms with van der Waals surface area (Å²) in [7, 11) is 1.69. The Balaban J connectivity index is 2.22. The number of aromatic nitrogens is 3. The summed E-state index contributed by atoms with van der Waals surface area (Å²) < 4.78 is 41.5. The van der Waals surface area contributed by atoms with Crippen molar-refractivity contribution in [1.29, 1.82) is 0 Å². The van der Waals surface area contributed by atoms with Gasteiger partial charge in [0.15, 0.2) is 0 Å². The van der Waals surface area contributed by atoms with Gasteiger partial charge in [0, 0.05) is 7.05 Å². The van der Waals surface area contributed by atoms with E-state index in [0.29, 0.717) is 11.3 Å². The number of nitrogens with one attached hydrogen (secondary N) is 1. The first kappa shape index (κ1) is 14.3. The van der Waals surface area contributed by atoms with Crippen LogP contribution >= 0.6 is 0 Å². The van der Waals surface area contributed by atoms with E-state index in [0.717, 1.165) is 0 Å². The van der Waals surface area contributed by atoms with E-state index >= 15 is 0 Å². The van der Waals surface area contributed by atoms with Crippen molar-refractivity contribution in [3.8, 4) is 5.75 Å². The average molecular weight is 287 g/mol. The summed E-state index contributed by atoms with van der Waals surface area (Å²) in [6, 6.07) is 4.97. The first-order chi connectivity index (χ1) is 9.40. The Morgan fingerprint density at radius 2 is 1.95 bits per heavy atom. The van der Waals surface area contributed by atoms with Crippen molar-refractivity contribution in [2.24, 2.45) is 12.9 Å². The maximum atomic E-state index is 12.1.